The number of benzene rings is 3. The van der Waals surface area contributed by atoms with E-state index in [1.807, 2.05) is 24.3 Å². The predicted octanol–water partition coefficient (Wildman–Crippen LogP) is 6.27. The molecule has 8 nitrogen and oxygen atoms in total. The lowest BCUT2D eigenvalue weighted by molar-refractivity contribution is 0.0887. The summed E-state index contributed by atoms with van der Waals surface area (Å²) < 4.78 is 35.5. The van der Waals surface area contributed by atoms with E-state index in [9.17, 15) is 14.3 Å². The maximum absolute atomic E-state index is 13.6. The minimum atomic E-state index is -1.13. The highest BCUT2D eigenvalue weighted by Crippen LogP contribution is 2.32. The average molecular weight is 615 g/mol. The van der Waals surface area contributed by atoms with Gasteiger partial charge in [0.1, 0.15) is 41.5 Å². The number of aliphatic hydroxyl groups excluding tert-OH is 1. The van der Waals surface area contributed by atoms with Gasteiger partial charge < -0.3 is 29.4 Å². The third-order valence-corrected chi connectivity index (χ3v) is 6.78. The molecule has 1 unspecified atom stereocenters. The zero-order chi connectivity index (χ0) is 30.1. The predicted molar refractivity (Wildman–Crippen MR) is 158 cm³/mol. The molecule has 0 aliphatic heterocycles. The van der Waals surface area contributed by atoms with Crippen LogP contribution < -0.4 is 19.5 Å². The van der Waals surface area contributed by atoms with Crippen molar-refractivity contribution in [1.29, 1.82) is 0 Å². The van der Waals surface area contributed by atoms with Crippen LogP contribution in [0.25, 0.3) is 11.3 Å². The topological polar surface area (TPSA) is 99.1 Å². The quantitative estimate of drug-likeness (QED) is 0.171. The summed E-state index contributed by atoms with van der Waals surface area (Å²) in [7, 11) is 3.09. The Morgan fingerprint density at radius 3 is 2.38 bits per heavy atom. The summed E-state index contributed by atoms with van der Waals surface area (Å²) in [4.78, 5) is 17.2. The second kappa shape index (κ2) is 14.8. The molecule has 1 heterocycles. The minimum Gasteiger partial charge on any atom is -0.497 e. The number of halogens is 3. The first-order valence-electron chi connectivity index (χ1n) is 12.9. The Bertz CT molecular complexity index is 1520. The van der Waals surface area contributed by atoms with Gasteiger partial charge in [-0.05, 0) is 66.2 Å². The molecule has 4 aromatic rings. The Hall–Kier alpha value is -3.89. The molecule has 220 valence electrons. The number of hydrogen-bond donors (Lipinski definition) is 2. The first kappa shape index (κ1) is 31.1. The molecule has 0 saturated carbocycles. The van der Waals surface area contributed by atoms with E-state index in [1.54, 1.807) is 31.4 Å². The fourth-order valence-electron chi connectivity index (χ4n) is 3.94. The van der Waals surface area contributed by atoms with Gasteiger partial charge >= 0.3 is 0 Å². The smallest absolute Gasteiger partial charge is 0.251 e. The number of ether oxygens (including phenoxy) is 4. The van der Waals surface area contributed by atoms with Gasteiger partial charge in [0.2, 0.25) is 0 Å². The van der Waals surface area contributed by atoms with Gasteiger partial charge in [-0.1, -0.05) is 35.3 Å². The molecule has 1 amide bonds. The highest BCUT2D eigenvalue weighted by atomic mass is 35.5. The molecule has 1 aromatic heterocycles. The number of carbonyl (C=O) groups is 1. The Morgan fingerprint density at radius 2 is 1.69 bits per heavy atom. The molecule has 0 radical (unpaired) electrons. The molecule has 0 fully saturated rings. The molecular weight excluding hydrogens is 586 g/mol. The number of aliphatic hydroxyl groups is 1. The standard InChI is InChI=1S/C31H29Cl2FN2O6/c1-39-22-7-3-19(4-8-22)18-41-13-14-42-28-11-6-21(16-24(28)33)31(38)35-17-27(37)26-10-12-29(40-2)30(36-26)20-5-9-25(34)23(32)15-20/h3-12,15-16,27,37H,13-14,17-18H2,1-2H3,(H,35,38). The second-order valence-electron chi connectivity index (χ2n) is 9.04. The lowest BCUT2D eigenvalue weighted by Gasteiger charge is -2.15. The summed E-state index contributed by atoms with van der Waals surface area (Å²) in [6, 6.07) is 19.6. The lowest BCUT2D eigenvalue weighted by Crippen LogP contribution is -2.28. The molecule has 2 N–H and O–H groups in total. The molecule has 0 saturated heterocycles. The number of amides is 1. The van der Waals surface area contributed by atoms with E-state index in [4.69, 9.17) is 42.1 Å². The summed E-state index contributed by atoms with van der Waals surface area (Å²) in [5, 5.41) is 13.6. The van der Waals surface area contributed by atoms with Crippen LogP contribution in [0.15, 0.2) is 72.8 Å². The number of nitrogens with one attached hydrogen (secondary N) is 1. The van der Waals surface area contributed by atoms with E-state index >= 15 is 0 Å². The molecule has 3 aromatic carbocycles. The Labute approximate surface area is 252 Å². The van der Waals surface area contributed by atoms with Crippen LogP contribution >= 0.6 is 23.2 Å². The van der Waals surface area contributed by atoms with E-state index in [0.29, 0.717) is 41.5 Å². The van der Waals surface area contributed by atoms with E-state index < -0.39 is 17.8 Å². The van der Waals surface area contributed by atoms with Gasteiger partial charge in [-0.2, -0.15) is 0 Å². The van der Waals surface area contributed by atoms with Crippen molar-refractivity contribution in [3.05, 3.63) is 105 Å². The average Bonchev–Trinajstić information content (AvgIpc) is 3.01. The molecule has 0 bridgehead atoms. The van der Waals surface area contributed by atoms with Gasteiger partial charge in [-0.25, -0.2) is 9.37 Å². The molecule has 4 rings (SSSR count). The van der Waals surface area contributed by atoms with Crippen molar-refractivity contribution in [3.8, 4) is 28.5 Å². The van der Waals surface area contributed by atoms with Crippen molar-refractivity contribution in [1.82, 2.24) is 10.3 Å². The second-order valence-corrected chi connectivity index (χ2v) is 9.85. The fraction of sp³-hybridized carbons (Fsp3) is 0.226. The van der Waals surface area contributed by atoms with E-state index in [2.05, 4.69) is 10.3 Å². The van der Waals surface area contributed by atoms with Gasteiger partial charge in [0.25, 0.3) is 5.91 Å². The van der Waals surface area contributed by atoms with Crippen molar-refractivity contribution >= 4 is 29.1 Å². The number of aromatic nitrogens is 1. The molecule has 0 spiro atoms. The van der Waals surface area contributed by atoms with Gasteiger partial charge in [0.05, 0.1) is 43.2 Å². The van der Waals surface area contributed by atoms with Crippen molar-refractivity contribution in [3.63, 3.8) is 0 Å². The SMILES string of the molecule is COc1ccc(COCCOc2ccc(C(=O)NCC(O)c3ccc(OC)c(-c4ccc(F)c(Cl)c4)n3)cc2Cl)cc1. The number of methoxy groups -OCH3 is 2. The van der Waals surface area contributed by atoms with Crippen molar-refractivity contribution in [2.24, 2.45) is 0 Å². The van der Waals surface area contributed by atoms with Crippen LogP contribution in [0.5, 0.6) is 17.2 Å². The van der Waals surface area contributed by atoms with Crippen molar-refractivity contribution < 1.29 is 33.2 Å². The summed E-state index contributed by atoms with van der Waals surface area (Å²) in [6.45, 7) is 0.926. The van der Waals surface area contributed by atoms with Crippen LogP contribution in [0.1, 0.15) is 27.7 Å². The normalized spacial score (nSPS) is 11.6. The molecular formula is C31H29Cl2FN2O6. The summed E-state index contributed by atoms with van der Waals surface area (Å²) in [5.41, 5.74) is 2.46. The van der Waals surface area contributed by atoms with Crippen molar-refractivity contribution in [2.45, 2.75) is 12.7 Å². The van der Waals surface area contributed by atoms with E-state index in [1.165, 1.54) is 31.4 Å². The number of carbonyl (C=O) groups excluding carboxylic acids is 1. The third-order valence-electron chi connectivity index (χ3n) is 6.20. The van der Waals surface area contributed by atoms with E-state index in [-0.39, 0.29) is 28.9 Å². The summed E-state index contributed by atoms with van der Waals surface area (Å²) in [5.74, 6) is 0.607. The molecule has 0 aliphatic carbocycles. The van der Waals surface area contributed by atoms with Gasteiger partial charge in [0.15, 0.2) is 0 Å². The zero-order valence-corrected chi connectivity index (χ0v) is 24.4. The Balaban J connectivity index is 1.29. The first-order valence-corrected chi connectivity index (χ1v) is 13.6. The highest BCUT2D eigenvalue weighted by Gasteiger charge is 2.17. The number of pyridine rings is 1. The van der Waals surface area contributed by atoms with Crippen LogP contribution in [-0.2, 0) is 11.3 Å². The van der Waals surface area contributed by atoms with Gasteiger partial charge in [0, 0.05) is 17.7 Å². The molecule has 1 atom stereocenters. The molecule has 42 heavy (non-hydrogen) atoms. The van der Waals surface area contributed by atoms with Crippen LogP contribution in [0.2, 0.25) is 10.0 Å². The maximum atomic E-state index is 13.6. The summed E-state index contributed by atoms with van der Waals surface area (Å²) in [6.07, 6.45) is -1.13. The monoisotopic (exact) mass is 614 g/mol. The van der Waals surface area contributed by atoms with Crippen LogP contribution in [0, 0.1) is 5.82 Å². The maximum Gasteiger partial charge on any atom is 0.251 e. The first-order chi connectivity index (χ1) is 20.3. The fourth-order valence-corrected chi connectivity index (χ4v) is 4.36. The minimum absolute atomic E-state index is 0.0669. The number of rotatable bonds is 13. The van der Waals surface area contributed by atoms with Crippen LogP contribution in [0.4, 0.5) is 4.39 Å². The van der Waals surface area contributed by atoms with E-state index in [0.717, 1.165) is 11.3 Å². The Kier molecular flexibility index (Phi) is 11.0. The van der Waals surface area contributed by atoms with Crippen LogP contribution in [-0.4, -0.2) is 50.0 Å². The molecule has 11 heteroatoms. The number of hydrogen-bond acceptors (Lipinski definition) is 7. The highest BCUT2D eigenvalue weighted by molar-refractivity contribution is 6.32. The number of nitrogens with zero attached hydrogens (tertiary/aromatic N) is 1. The summed E-state index contributed by atoms with van der Waals surface area (Å²) >= 11 is 12.3. The van der Waals surface area contributed by atoms with Gasteiger partial charge in [-0.3, -0.25) is 4.79 Å². The Morgan fingerprint density at radius 1 is 0.929 bits per heavy atom. The third kappa shape index (κ3) is 8.10. The van der Waals surface area contributed by atoms with Crippen LogP contribution in [0.3, 0.4) is 0 Å². The zero-order valence-electron chi connectivity index (χ0n) is 22.9. The molecule has 0 aliphatic rings. The lowest BCUT2D eigenvalue weighted by atomic mass is 10.1. The largest absolute Gasteiger partial charge is 0.497 e. The van der Waals surface area contributed by atoms with Crippen molar-refractivity contribution in [2.75, 3.05) is 34.0 Å². The van der Waals surface area contributed by atoms with Gasteiger partial charge in [-0.15, -0.1) is 0 Å².